The maximum Gasteiger partial charge on any atom is 0.328 e. The Bertz CT molecular complexity index is 578. The number of aryl methyl sites for hydroxylation is 1. The first-order valence-corrected chi connectivity index (χ1v) is 8.73. The predicted molar refractivity (Wildman–Crippen MR) is 88.1 cm³/mol. The van der Waals surface area contributed by atoms with E-state index in [0.717, 1.165) is 12.2 Å². The minimum Gasteiger partial charge on any atom is -0.336 e. The highest BCUT2D eigenvalue weighted by Crippen LogP contribution is 2.36. The first-order chi connectivity index (χ1) is 10.7. The number of imide groups is 1. The van der Waals surface area contributed by atoms with Gasteiger partial charge in [-0.1, -0.05) is 24.3 Å². The van der Waals surface area contributed by atoms with Crippen LogP contribution >= 0.6 is 11.8 Å². The van der Waals surface area contributed by atoms with Crippen LogP contribution in [0.15, 0.2) is 24.3 Å². The van der Waals surface area contributed by atoms with Gasteiger partial charge in [0.25, 0.3) is 0 Å². The molecule has 2 fully saturated rings. The van der Waals surface area contributed by atoms with Crippen LogP contribution in [-0.2, 0) is 0 Å². The van der Waals surface area contributed by atoms with Gasteiger partial charge in [0, 0.05) is 37.2 Å². The van der Waals surface area contributed by atoms with E-state index >= 15 is 0 Å². The highest BCUT2D eigenvalue weighted by molar-refractivity contribution is 7.99. The molecule has 1 atom stereocenters. The molecule has 0 aliphatic carbocycles. The number of urea groups is 2. The summed E-state index contributed by atoms with van der Waals surface area (Å²) in [6.45, 7) is 4.57. The third kappa shape index (κ3) is 3.06. The van der Waals surface area contributed by atoms with Gasteiger partial charge in [-0.05, 0) is 24.5 Å². The van der Waals surface area contributed by atoms with Crippen LogP contribution in [0.25, 0.3) is 0 Å². The van der Waals surface area contributed by atoms with Crippen molar-refractivity contribution in [2.45, 2.75) is 18.6 Å². The van der Waals surface area contributed by atoms with Gasteiger partial charge in [0.05, 0.1) is 0 Å². The van der Waals surface area contributed by atoms with Crippen molar-refractivity contribution >= 4 is 23.8 Å². The molecule has 0 bridgehead atoms. The van der Waals surface area contributed by atoms with Crippen molar-refractivity contribution in [2.24, 2.45) is 0 Å². The molecule has 5 nitrogen and oxygen atoms in total. The predicted octanol–water partition coefficient (Wildman–Crippen LogP) is 2.62. The van der Waals surface area contributed by atoms with Crippen LogP contribution in [0.2, 0.25) is 0 Å². The number of nitrogens with one attached hydrogen (secondary N) is 1. The highest BCUT2D eigenvalue weighted by Gasteiger charge is 2.31. The molecule has 2 heterocycles. The van der Waals surface area contributed by atoms with Crippen LogP contribution in [0.3, 0.4) is 0 Å². The zero-order valence-corrected chi connectivity index (χ0v) is 13.6. The molecule has 6 heteroatoms. The molecule has 2 aliphatic heterocycles. The Balaban J connectivity index is 1.66. The van der Waals surface area contributed by atoms with Gasteiger partial charge in [0.2, 0.25) is 0 Å². The van der Waals surface area contributed by atoms with Crippen molar-refractivity contribution in [1.82, 2.24) is 15.1 Å². The smallest absolute Gasteiger partial charge is 0.328 e. The van der Waals surface area contributed by atoms with Crippen molar-refractivity contribution in [3.63, 3.8) is 0 Å². The SMILES string of the molecule is Cc1ccccc1C1CCN(C(=O)N2CCNC2=O)CCS1. The number of thioether (sulfide) groups is 1. The molecular formula is C16H21N3O2S. The van der Waals surface area contributed by atoms with Crippen molar-refractivity contribution in [2.75, 3.05) is 31.9 Å². The summed E-state index contributed by atoms with van der Waals surface area (Å²) >= 11 is 1.90. The normalized spacial score (nSPS) is 22.4. The number of carbonyl (C=O) groups is 2. The van der Waals surface area contributed by atoms with Gasteiger partial charge in [-0.25, -0.2) is 14.5 Å². The van der Waals surface area contributed by atoms with Crippen molar-refractivity contribution in [3.05, 3.63) is 35.4 Å². The lowest BCUT2D eigenvalue weighted by Gasteiger charge is -2.24. The van der Waals surface area contributed by atoms with E-state index in [0.29, 0.717) is 31.4 Å². The molecule has 22 heavy (non-hydrogen) atoms. The molecule has 0 aromatic heterocycles. The number of carbonyl (C=O) groups excluding carboxylic acids is 2. The standard InChI is InChI=1S/C16H21N3O2S/c1-12-4-2-3-5-13(12)14-6-8-18(10-11-22-14)16(21)19-9-7-17-15(19)20/h2-5,14H,6-11H2,1H3,(H,17,20). The molecule has 2 aliphatic rings. The lowest BCUT2D eigenvalue weighted by Crippen LogP contribution is -2.45. The molecule has 1 N–H and O–H groups in total. The first kappa shape index (κ1) is 15.2. The third-order valence-corrected chi connectivity index (χ3v) is 5.55. The summed E-state index contributed by atoms with van der Waals surface area (Å²) in [7, 11) is 0. The molecule has 1 aromatic carbocycles. The number of benzene rings is 1. The third-order valence-electron chi connectivity index (χ3n) is 4.23. The van der Waals surface area contributed by atoms with Gasteiger partial charge in [-0.15, -0.1) is 0 Å². The average molecular weight is 319 g/mol. The molecule has 0 saturated carbocycles. The Morgan fingerprint density at radius 1 is 1.27 bits per heavy atom. The van der Waals surface area contributed by atoms with Crippen LogP contribution in [-0.4, -0.2) is 53.8 Å². The van der Waals surface area contributed by atoms with Gasteiger partial charge in [0.15, 0.2) is 0 Å². The van der Waals surface area contributed by atoms with Crippen molar-refractivity contribution < 1.29 is 9.59 Å². The number of amides is 4. The largest absolute Gasteiger partial charge is 0.336 e. The fraction of sp³-hybridized carbons (Fsp3) is 0.500. The Morgan fingerprint density at radius 2 is 2.09 bits per heavy atom. The van der Waals surface area contributed by atoms with Crippen LogP contribution < -0.4 is 5.32 Å². The summed E-state index contributed by atoms with van der Waals surface area (Å²) in [6, 6.07) is 8.03. The minimum absolute atomic E-state index is 0.152. The Hall–Kier alpha value is -1.69. The first-order valence-electron chi connectivity index (χ1n) is 7.68. The molecule has 4 amide bonds. The highest BCUT2D eigenvalue weighted by atomic mass is 32.2. The van der Waals surface area contributed by atoms with Gasteiger partial charge < -0.3 is 10.2 Å². The fourth-order valence-electron chi connectivity index (χ4n) is 2.98. The molecule has 3 rings (SSSR count). The molecule has 1 aromatic rings. The maximum atomic E-state index is 12.5. The van der Waals surface area contributed by atoms with Crippen LogP contribution in [0.1, 0.15) is 22.8 Å². The van der Waals surface area contributed by atoms with E-state index in [1.54, 1.807) is 0 Å². The Kier molecular flexibility index (Phi) is 4.57. The van der Waals surface area contributed by atoms with E-state index in [9.17, 15) is 9.59 Å². The second-order valence-corrected chi connectivity index (χ2v) is 6.97. The quantitative estimate of drug-likeness (QED) is 0.866. The number of rotatable bonds is 1. The zero-order chi connectivity index (χ0) is 15.5. The fourth-order valence-corrected chi connectivity index (χ4v) is 4.31. The Labute approximate surface area is 135 Å². The van der Waals surface area contributed by atoms with E-state index in [-0.39, 0.29) is 12.1 Å². The van der Waals surface area contributed by atoms with Crippen molar-refractivity contribution in [3.8, 4) is 0 Å². The van der Waals surface area contributed by atoms with Crippen LogP contribution in [0.5, 0.6) is 0 Å². The second kappa shape index (κ2) is 6.60. The molecule has 2 saturated heterocycles. The lowest BCUT2D eigenvalue weighted by atomic mass is 10.0. The topological polar surface area (TPSA) is 52.7 Å². The van der Waals surface area contributed by atoms with E-state index < -0.39 is 0 Å². The van der Waals surface area contributed by atoms with Gasteiger partial charge in [-0.3, -0.25) is 0 Å². The summed E-state index contributed by atoms with van der Waals surface area (Å²) in [5, 5.41) is 3.10. The molecule has 0 spiro atoms. The zero-order valence-electron chi connectivity index (χ0n) is 12.7. The van der Waals surface area contributed by atoms with E-state index in [4.69, 9.17) is 0 Å². The number of nitrogens with zero attached hydrogens (tertiary/aromatic N) is 2. The monoisotopic (exact) mass is 319 g/mol. The molecule has 0 radical (unpaired) electrons. The summed E-state index contributed by atoms with van der Waals surface area (Å²) in [4.78, 5) is 27.2. The van der Waals surface area contributed by atoms with Crippen molar-refractivity contribution in [1.29, 1.82) is 0 Å². The summed E-state index contributed by atoms with van der Waals surface area (Å²) < 4.78 is 0. The summed E-state index contributed by atoms with van der Waals surface area (Å²) in [5.74, 6) is 0.903. The molecule has 1 unspecified atom stereocenters. The van der Waals surface area contributed by atoms with Crippen LogP contribution in [0.4, 0.5) is 9.59 Å². The lowest BCUT2D eigenvalue weighted by molar-refractivity contribution is 0.166. The average Bonchev–Trinajstić information content (AvgIpc) is 2.80. The minimum atomic E-state index is -0.266. The molecule has 118 valence electrons. The summed E-state index contributed by atoms with van der Waals surface area (Å²) in [5.41, 5.74) is 2.67. The maximum absolute atomic E-state index is 12.5. The van der Waals surface area contributed by atoms with E-state index in [2.05, 4.69) is 36.5 Å². The van der Waals surface area contributed by atoms with E-state index in [1.807, 2.05) is 16.7 Å². The van der Waals surface area contributed by atoms with E-state index in [1.165, 1.54) is 16.0 Å². The van der Waals surface area contributed by atoms with Crippen LogP contribution in [0, 0.1) is 6.92 Å². The Morgan fingerprint density at radius 3 is 2.82 bits per heavy atom. The van der Waals surface area contributed by atoms with Gasteiger partial charge in [0.1, 0.15) is 0 Å². The second-order valence-electron chi connectivity index (χ2n) is 5.66. The van der Waals surface area contributed by atoms with Gasteiger partial charge in [-0.2, -0.15) is 11.8 Å². The number of hydrogen-bond donors (Lipinski definition) is 1. The summed E-state index contributed by atoms with van der Waals surface area (Å²) in [6.07, 6.45) is 0.927. The molecular weight excluding hydrogens is 298 g/mol. The number of hydrogen-bond acceptors (Lipinski definition) is 3. The van der Waals surface area contributed by atoms with Gasteiger partial charge >= 0.3 is 12.1 Å².